The van der Waals surface area contributed by atoms with Crippen LogP contribution in [0.2, 0.25) is 0 Å². The summed E-state index contributed by atoms with van der Waals surface area (Å²) in [5.41, 5.74) is 2.02. The fraction of sp³-hybridized carbons (Fsp3) is 0.286. The zero-order chi connectivity index (χ0) is 20.8. The molecule has 0 saturated carbocycles. The van der Waals surface area contributed by atoms with Gasteiger partial charge in [0.25, 0.3) is 5.91 Å². The molecule has 0 spiro atoms. The quantitative estimate of drug-likeness (QED) is 0.775. The standard InChI is InChI=1S/C21H21N3O5/c1-12-4-6-15(8-13(12)2)22-18(25)10-24-19(26)21(3,23-20(24)27)14-5-7-16-17(9-14)29-11-28-16/h4-9H,10-11H2,1-3H3,(H,22,25)(H,23,27)/t21-/m0/s1. The fourth-order valence-corrected chi connectivity index (χ4v) is 3.41. The number of fused-ring (bicyclic) bond motifs is 1. The molecule has 29 heavy (non-hydrogen) atoms. The lowest BCUT2D eigenvalue weighted by atomic mass is 9.91. The topological polar surface area (TPSA) is 97.0 Å². The molecule has 0 aromatic heterocycles. The third-order valence-electron chi connectivity index (χ3n) is 5.32. The maximum Gasteiger partial charge on any atom is 0.325 e. The van der Waals surface area contributed by atoms with E-state index in [4.69, 9.17) is 9.47 Å². The number of carbonyl (C=O) groups excluding carboxylic acids is 3. The van der Waals surface area contributed by atoms with Crippen LogP contribution in [0.3, 0.4) is 0 Å². The molecule has 2 aromatic rings. The van der Waals surface area contributed by atoms with E-state index in [-0.39, 0.29) is 13.3 Å². The van der Waals surface area contributed by atoms with E-state index >= 15 is 0 Å². The number of ether oxygens (including phenoxy) is 2. The molecule has 1 fully saturated rings. The van der Waals surface area contributed by atoms with Gasteiger partial charge < -0.3 is 20.1 Å². The molecule has 0 bridgehead atoms. The van der Waals surface area contributed by atoms with Crippen LogP contribution in [0, 0.1) is 13.8 Å². The Balaban J connectivity index is 1.50. The second-order valence-corrected chi connectivity index (χ2v) is 7.36. The minimum Gasteiger partial charge on any atom is -0.454 e. The maximum absolute atomic E-state index is 13.0. The third kappa shape index (κ3) is 3.26. The van der Waals surface area contributed by atoms with Crippen LogP contribution in [-0.2, 0) is 15.1 Å². The number of aryl methyl sites for hydroxylation is 2. The highest BCUT2D eigenvalue weighted by Gasteiger charge is 2.49. The van der Waals surface area contributed by atoms with Gasteiger partial charge in [-0.05, 0) is 61.7 Å². The number of amides is 4. The van der Waals surface area contributed by atoms with Crippen molar-refractivity contribution in [2.24, 2.45) is 0 Å². The first-order chi connectivity index (χ1) is 13.8. The second kappa shape index (κ2) is 6.80. The van der Waals surface area contributed by atoms with Gasteiger partial charge >= 0.3 is 6.03 Å². The van der Waals surface area contributed by atoms with E-state index in [1.54, 1.807) is 31.2 Å². The van der Waals surface area contributed by atoms with Gasteiger partial charge in [-0.15, -0.1) is 0 Å². The number of anilines is 1. The summed E-state index contributed by atoms with van der Waals surface area (Å²) in [4.78, 5) is 38.8. The zero-order valence-electron chi connectivity index (χ0n) is 16.4. The Hall–Kier alpha value is -3.55. The normalized spacial score (nSPS) is 20.0. The zero-order valence-corrected chi connectivity index (χ0v) is 16.4. The van der Waals surface area contributed by atoms with E-state index in [2.05, 4.69) is 10.6 Å². The molecule has 2 aliphatic heterocycles. The van der Waals surface area contributed by atoms with Crippen molar-refractivity contribution in [1.29, 1.82) is 0 Å². The van der Waals surface area contributed by atoms with E-state index in [1.807, 2.05) is 26.0 Å². The van der Waals surface area contributed by atoms with Gasteiger partial charge in [0, 0.05) is 5.69 Å². The van der Waals surface area contributed by atoms with Crippen LogP contribution in [0.15, 0.2) is 36.4 Å². The minimum absolute atomic E-state index is 0.112. The molecule has 0 unspecified atom stereocenters. The maximum atomic E-state index is 13.0. The summed E-state index contributed by atoms with van der Waals surface area (Å²) in [6, 6.07) is 9.96. The summed E-state index contributed by atoms with van der Waals surface area (Å²) in [5.74, 6) is 0.138. The van der Waals surface area contributed by atoms with Crippen molar-refractivity contribution in [2.45, 2.75) is 26.3 Å². The van der Waals surface area contributed by atoms with Gasteiger partial charge in [0.2, 0.25) is 12.7 Å². The molecule has 0 aliphatic carbocycles. The number of nitrogens with zero attached hydrogens (tertiary/aromatic N) is 1. The lowest BCUT2D eigenvalue weighted by Crippen LogP contribution is -2.42. The van der Waals surface area contributed by atoms with Gasteiger partial charge in [0.15, 0.2) is 11.5 Å². The van der Waals surface area contributed by atoms with Gasteiger partial charge in [-0.1, -0.05) is 12.1 Å². The van der Waals surface area contributed by atoms with Crippen molar-refractivity contribution in [3.8, 4) is 11.5 Å². The van der Waals surface area contributed by atoms with Crippen molar-refractivity contribution < 1.29 is 23.9 Å². The molecular weight excluding hydrogens is 374 g/mol. The molecule has 0 radical (unpaired) electrons. The van der Waals surface area contributed by atoms with Gasteiger partial charge in [-0.25, -0.2) is 4.79 Å². The Morgan fingerprint density at radius 1 is 1.10 bits per heavy atom. The first-order valence-corrected chi connectivity index (χ1v) is 9.19. The summed E-state index contributed by atoms with van der Waals surface area (Å²) in [6.45, 7) is 5.26. The molecular formula is C21H21N3O5. The Morgan fingerprint density at radius 2 is 1.86 bits per heavy atom. The van der Waals surface area contributed by atoms with Crippen LogP contribution in [0.1, 0.15) is 23.6 Å². The lowest BCUT2D eigenvalue weighted by Gasteiger charge is -2.22. The van der Waals surface area contributed by atoms with Crippen LogP contribution in [0.4, 0.5) is 10.5 Å². The second-order valence-electron chi connectivity index (χ2n) is 7.36. The summed E-state index contributed by atoms with van der Waals surface area (Å²) in [7, 11) is 0. The van der Waals surface area contributed by atoms with Crippen LogP contribution in [-0.4, -0.2) is 36.1 Å². The summed E-state index contributed by atoms with van der Waals surface area (Å²) in [5, 5.41) is 5.41. The minimum atomic E-state index is -1.29. The van der Waals surface area contributed by atoms with Crippen LogP contribution in [0.5, 0.6) is 11.5 Å². The molecule has 1 atom stereocenters. The Morgan fingerprint density at radius 3 is 2.62 bits per heavy atom. The molecule has 1 saturated heterocycles. The van der Waals surface area contributed by atoms with Crippen LogP contribution >= 0.6 is 0 Å². The molecule has 4 amide bonds. The van der Waals surface area contributed by atoms with Gasteiger partial charge in [0.1, 0.15) is 12.1 Å². The molecule has 8 heteroatoms. The average Bonchev–Trinajstić information content (AvgIpc) is 3.23. The number of carbonyl (C=O) groups is 3. The van der Waals surface area contributed by atoms with Crippen molar-refractivity contribution in [3.05, 3.63) is 53.1 Å². The predicted molar refractivity (Wildman–Crippen MR) is 105 cm³/mol. The van der Waals surface area contributed by atoms with Gasteiger partial charge in [-0.3, -0.25) is 14.5 Å². The Bertz CT molecular complexity index is 1030. The van der Waals surface area contributed by atoms with E-state index in [0.29, 0.717) is 22.7 Å². The van der Waals surface area contributed by atoms with Crippen LogP contribution in [0.25, 0.3) is 0 Å². The molecule has 2 aromatic carbocycles. The lowest BCUT2D eigenvalue weighted by molar-refractivity contribution is -0.133. The Kier molecular flexibility index (Phi) is 4.41. The SMILES string of the molecule is Cc1ccc(NC(=O)CN2C(=O)N[C@@](C)(c3ccc4c(c3)OCO4)C2=O)cc1C. The number of nitrogens with one attached hydrogen (secondary N) is 2. The average molecular weight is 395 g/mol. The molecule has 2 aliphatic rings. The molecule has 8 nitrogen and oxygen atoms in total. The summed E-state index contributed by atoms with van der Waals surface area (Å²) >= 11 is 0. The van der Waals surface area contributed by atoms with E-state index in [9.17, 15) is 14.4 Å². The molecule has 4 rings (SSSR count). The number of rotatable bonds is 4. The number of benzene rings is 2. The van der Waals surface area contributed by atoms with E-state index in [1.165, 1.54) is 0 Å². The molecule has 150 valence electrons. The van der Waals surface area contributed by atoms with E-state index < -0.39 is 23.4 Å². The number of imide groups is 1. The van der Waals surface area contributed by atoms with Crippen molar-refractivity contribution >= 4 is 23.5 Å². The predicted octanol–water partition coefficient (Wildman–Crippen LogP) is 2.44. The number of hydrogen-bond donors (Lipinski definition) is 2. The largest absolute Gasteiger partial charge is 0.454 e. The summed E-state index contributed by atoms with van der Waals surface area (Å²) < 4.78 is 10.6. The van der Waals surface area contributed by atoms with E-state index in [0.717, 1.165) is 16.0 Å². The highest BCUT2D eigenvalue weighted by molar-refractivity contribution is 6.10. The number of urea groups is 1. The van der Waals surface area contributed by atoms with Crippen molar-refractivity contribution in [3.63, 3.8) is 0 Å². The Labute approximate surface area is 167 Å². The number of hydrogen-bond acceptors (Lipinski definition) is 5. The molecule has 2 N–H and O–H groups in total. The highest BCUT2D eigenvalue weighted by atomic mass is 16.7. The first kappa shape index (κ1) is 18.8. The van der Waals surface area contributed by atoms with Gasteiger partial charge in [0.05, 0.1) is 0 Å². The third-order valence-corrected chi connectivity index (χ3v) is 5.32. The smallest absolute Gasteiger partial charge is 0.325 e. The first-order valence-electron chi connectivity index (χ1n) is 9.19. The van der Waals surface area contributed by atoms with Crippen molar-refractivity contribution in [2.75, 3.05) is 18.7 Å². The monoisotopic (exact) mass is 395 g/mol. The fourth-order valence-electron chi connectivity index (χ4n) is 3.41. The van der Waals surface area contributed by atoms with Crippen molar-refractivity contribution in [1.82, 2.24) is 10.2 Å². The summed E-state index contributed by atoms with van der Waals surface area (Å²) in [6.07, 6.45) is 0. The highest BCUT2D eigenvalue weighted by Crippen LogP contribution is 2.37. The van der Waals surface area contributed by atoms with Gasteiger partial charge in [-0.2, -0.15) is 0 Å². The molecule has 2 heterocycles. The van der Waals surface area contributed by atoms with Crippen LogP contribution < -0.4 is 20.1 Å².